The van der Waals surface area contributed by atoms with Gasteiger partial charge in [0.15, 0.2) is 5.82 Å². The highest BCUT2D eigenvalue weighted by molar-refractivity contribution is 6.02. The minimum atomic E-state index is -1.16. The van der Waals surface area contributed by atoms with Crippen LogP contribution >= 0.6 is 0 Å². The van der Waals surface area contributed by atoms with Gasteiger partial charge in [-0.3, -0.25) is 4.79 Å². The van der Waals surface area contributed by atoms with E-state index in [1.165, 1.54) is 4.90 Å². The molecule has 0 saturated heterocycles. The van der Waals surface area contributed by atoms with Crippen molar-refractivity contribution in [3.63, 3.8) is 0 Å². The molecule has 0 fully saturated rings. The number of fused-ring (bicyclic) bond motifs is 1. The zero-order chi connectivity index (χ0) is 12.6. The van der Waals surface area contributed by atoms with Gasteiger partial charge in [-0.2, -0.15) is 0 Å². The third kappa shape index (κ3) is 1.82. The number of amides is 1. The molecular formula is C11H13N3O3. The molecule has 0 saturated carbocycles. The Morgan fingerprint density at radius 2 is 2.29 bits per heavy atom. The van der Waals surface area contributed by atoms with E-state index in [9.17, 15) is 14.7 Å². The molecule has 0 aromatic carbocycles. The SMILES string of the molecule is CC(C)(C(=O)O)N1CC(=O)Nc2ncccc21. The van der Waals surface area contributed by atoms with Gasteiger partial charge in [0.1, 0.15) is 5.54 Å². The summed E-state index contributed by atoms with van der Waals surface area (Å²) in [6.45, 7) is 3.13. The molecule has 17 heavy (non-hydrogen) atoms. The van der Waals surface area contributed by atoms with Crippen LogP contribution in [0.2, 0.25) is 0 Å². The lowest BCUT2D eigenvalue weighted by Crippen LogP contribution is -2.55. The number of rotatable bonds is 2. The molecule has 0 aliphatic carbocycles. The van der Waals surface area contributed by atoms with E-state index in [1.54, 1.807) is 32.2 Å². The van der Waals surface area contributed by atoms with Crippen molar-refractivity contribution in [3.8, 4) is 0 Å². The standard InChI is InChI=1S/C11H13N3O3/c1-11(2,10(16)17)14-6-8(15)13-9-7(14)4-3-5-12-9/h3-5H,6H2,1-2H3,(H,16,17)(H,12,13,15). The molecule has 6 heteroatoms. The second-order valence-corrected chi connectivity index (χ2v) is 4.37. The number of hydrogen-bond acceptors (Lipinski definition) is 4. The average molecular weight is 235 g/mol. The molecule has 0 radical (unpaired) electrons. The van der Waals surface area contributed by atoms with E-state index in [1.807, 2.05) is 0 Å². The Hall–Kier alpha value is -2.11. The summed E-state index contributed by atoms with van der Waals surface area (Å²) < 4.78 is 0. The Morgan fingerprint density at radius 1 is 1.59 bits per heavy atom. The van der Waals surface area contributed by atoms with Crippen molar-refractivity contribution >= 4 is 23.4 Å². The number of aromatic nitrogens is 1. The summed E-state index contributed by atoms with van der Waals surface area (Å²) in [5, 5.41) is 11.8. The number of carbonyl (C=O) groups is 2. The molecule has 1 aliphatic rings. The third-order valence-electron chi connectivity index (χ3n) is 2.83. The first-order valence-electron chi connectivity index (χ1n) is 5.19. The van der Waals surface area contributed by atoms with Crippen LogP contribution < -0.4 is 10.2 Å². The molecule has 1 aromatic heterocycles. The van der Waals surface area contributed by atoms with E-state index < -0.39 is 11.5 Å². The molecule has 0 bridgehead atoms. The predicted octanol–water partition coefficient (Wildman–Crippen LogP) is 0.703. The van der Waals surface area contributed by atoms with Crippen LogP contribution in [0.1, 0.15) is 13.8 Å². The molecule has 2 N–H and O–H groups in total. The maximum absolute atomic E-state index is 11.5. The van der Waals surface area contributed by atoms with Gasteiger partial charge < -0.3 is 15.3 Å². The van der Waals surface area contributed by atoms with E-state index in [0.717, 1.165) is 0 Å². The van der Waals surface area contributed by atoms with Crippen molar-refractivity contribution in [2.45, 2.75) is 19.4 Å². The lowest BCUT2D eigenvalue weighted by Gasteiger charge is -2.39. The van der Waals surface area contributed by atoms with Crippen molar-refractivity contribution in [2.75, 3.05) is 16.8 Å². The van der Waals surface area contributed by atoms with E-state index in [-0.39, 0.29) is 12.5 Å². The first-order valence-corrected chi connectivity index (χ1v) is 5.19. The molecule has 6 nitrogen and oxygen atoms in total. The summed E-state index contributed by atoms with van der Waals surface area (Å²) in [6, 6.07) is 3.45. The first-order chi connectivity index (χ1) is 7.93. The lowest BCUT2D eigenvalue weighted by molar-refractivity contribution is -0.142. The number of nitrogens with zero attached hydrogens (tertiary/aromatic N) is 2. The van der Waals surface area contributed by atoms with Crippen molar-refractivity contribution in [1.29, 1.82) is 0 Å². The number of anilines is 2. The number of carbonyl (C=O) groups excluding carboxylic acids is 1. The second-order valence-electron chi connectivity index (χ2n) is 4.37. The van der Waals surface area contributed by atoms with Crippen LogP contribution in [-0.2, 0) is 9.59 Å². The van der Waals surface area contributed by atoms with Crippen molar-refractivity contribution in [1.82, 2.24) is 4.98 Å². The molecule has 0 spiro atoms. The summed E-state index contributed by atoms with van der Waals surface area (Å²) in [5.74, 6) is -0.842. The minimum absolute atomic E-state index is 0.0119. The molecule has 2 heterocycles. The normalized spacial score (nSPS) is 15.2. The molecule has 90 valence electrons. The largest absolute Gasteiger partial charge is 0.480 e. The number of hydrogen-bond donors (Lipinski definition) is 2. The quantitative estimate of drug-likeness (QED) is 0.788. The maximum Gasteiger partial charge on any atom is 0.328 e. The average Bonchev–Trinajstić information content (AvgIpc) is 2.27. The summed E-state index contributed by atoms with van der Waals surface area (Å²) in [6.07, 6.45) is 1.55. The van der Waals surface area contributed by atoms with E-state index in [0.29, 0.717) is 11.5 Å². The summed E-state index contributed by atoms with van der Waals surface area (Å²) in [5.41, 5.74) is -0.533. The molecule has 0 unspecified atom stereocenters. The maximum atomic E-state index is 11.5. The number of pyridine rings is 1. The van der Waals surface area contributed by atoms with Gasteiger partial charge in [0.25, 0.3) is 0 Å². The van der Waals surface area contributed by atoms with Gasteiger partial charge in [0.2, 0.25) is 5.91 Å². The van der Waals surface area contributed by atoms with Crippen LogP contribution in [-0.4, -0.2) is 34.1 Å². The summed E-state index contributed by atoms with van der Waals surface area (Å²) in [7, 11) is 0. The first kappa shape index (κ1) is 11.4. The monoisotopic (exact) mass is 235 g/mol. The third-order valence-corrected chi connectivity index (χ3v) is 2.83. The van der Waals surface area contributed by atoms with Crippen LogP contribution in [0.4, 0.5) is 11.5 Å². The van der Waals surface area contributed by atoms with E-state index in [2.05, 4.69) is 10.3 Å². The second kappa shape index (κ2) is 3.73. The Balaban J connectivity index is 2.50. The Kier molecular flexibility index (Phi) is 2.49. The number of aliphatic carboxylic acids is 1. The Morgan fingerprint density at radius 3 is 2.94 bits per heavy atom. The van der Waals surface area contributed by atoms with E-state index >= 15 is 0 Å². The van der Waals surface area contributed by atoms with Gasteiger partial charge in [-0.05, 0) is 26.0 Å². The van der Waals surface area contributed by atoms with Crippen LogP contribution in [0.3, 0.4) is 0 Å². The molecule has 1 aromatic rings. The van der Waals surface area contributed by atoms with Crippen molar-refractivity contribution in [3.05, 3.63) is 18.3 Å². The van der Waals surface area contributed by atoms with Gasteiger partial charge in [0, 0.05) is 6.20 Å². The zero-order valence-electron chi connectivity index (χ0n) is 9.60. The molecule has 2 rings (SSSR count). The van der Waals surface area contributed by atoms with Crippen molar-refractivity contribution in [2.24, 2.45) is 0 Å². The Bertz CT molecular complexity index is 485. The summed E-state index contributed by atoms with van der Waals surface area (Å²) >= 11 is 0. The topological polar surface area (TPSA) is 82.5 Å². The number of carboxylic acids is 1. The lowest BCUT2D eigenvalue weighted by atomic mass is 10.0. The molecule has 1 aliphatic heterocycles. The van der Waals surface area contributed by atoms with Crippen LogP contribution in [0.25, 0.3) is 0 Å². The van der Waals surface area contributed by atoms with Crippen LogP contribution in [0, 0.1) is 0 Å². The number of carboxylic acid groups (broad SMARTS) is 1. The highest BCUT2D eigenvalue weighted by Gasteiger charge is 2.39. The van der Waals surface area contributed by atoms with Gasteiger partial charge in [-0.25, -0.2) is 9.78 Å². The van der Waals surface area contributed by atoms with Gasteiger partial charge in [-0.15, -0.1) is 0 Å². The fourth-order valence-electron chi connectivity index (χ4n) is 1.73. The zero-order valence-corrected chi connectivity index (χ0v) is 9.60. The van der Waals surface area contributed by atoms with Crippen LogP contribution in [0.15, 0.2) is 18.3 Å². The smallest absolute Gasteiger partial charge is 0.328 e. The predicted molar refractivity (Wildman–Crippen MR) is 61.9 cm³/mol. The summed E-state index contributed by atoms with van der Waals surface area (Å²) in [4.78, 5) is 28.3. The highest BCUT2D eigenvalue weighted by Crippen LogP contribution is 2.32. The molecular weight excluding hydrogens is 222 g/mol. The van der Waals surface area contributed by atoms with E-state index in [4.69, 9.17) is 0 Å². The molecule has 0 atom stereocenters. The van der Waals surface area contributed by atoms with Gasteiger partial charge in [0.05, 0.1) is 12.2 Å². The fraction of sp³-hybridized carbons (Fsp3) is 0.364. The van der Waals surface area contributed by atoms with Gasteiger partial charge in [-0.1, -0.05) is 0 Å². The minimum Gasteiger partial charge on any atom is -0.480 e. The van der Waals surface area contributed by atoms with Crippen molar-refractivity contribution < 1.29 is 14.7 Å². The number of nitrogens with one attached hydrogen (secondary N) is 1. The highest BCUT2D eigenvalue weighted by atomic mass is 16.4. The van der Waals surface area contributed by atoms with Gasteiger partial charge >= 0.3 is 5.97 Å². The van der Waals surface area contributed by atoms with Crippen LogP contribution in [0.5, 0.6) is 0 Å². The molecule has 1 amide bonds. The fourth-order valence-corrected chi connectivity index (χ4v) is 1.73. The Labute approximate surface area is 98.3 Å².